The first-order valence-corrected chi connectivity index (χ1v) is 6.77. The molecular weight excluding hydrogens is 282 g/mol. The fraction of sp³-hybridized carbons (Fsp3) is 0.917. The first-order valence-electron chi connectivity index (χ1n) is 6.77. The van der Waals surface area contributed by atoms with E-state index >= 15 is 0 Å². The third-order valence-electron chi connectivity index (χ3n) is 3.10. The lowest BCUT2D eigenvalue weighted by molar-refractivity contribution is -0.550. The van der Waals surface area contributed by atoms with Gasteiger partial charge in [-0.15, -0.1) is 0 Å². The summed E-state index contributed by atoms with van der Waals surface area (Å²) in [6.07, 6.45) is -3.96. The Balaban J connectivity index is 2.41. The molecule has 2 unspecified atom stereocenters. The molecule has 0 bridgehead atoms. The van der Waals surface area contributed by atoms with Gasteiger partial charge < -0.3 is 25.6 Å². The summed E-state index contributed by atoms with van der Waals surface area (Å²) in [6.45, 7) is 5.91. The third-order valence-corrected chi connectivity index (χ3v) is 3.10. The number of carbonyl (C=O) groups is 1. The van der Waals surface area contributed by atoms with Crippen molar-refractivity contribution in [2.45, 2.75) is 57.3 Å². The van der Waals surface area contributed by atoms with E-state index in [9.17, 15) is 25.1 Å². The molecule has 0 radical (unpaired) electrons. The highest BCUT2D eigenvalue weighted by molar-refractivity contribution is 5.78. The van der Waals surface area contributed by atoms with Crippen LogP contribution in [0.3, 0.4) is 0 Å². The molecule has 0 aromatic rings. The van der Waals surface area contributed by atoms with Crippen LogP contribution in [-0.2, 0) is 9.53 Å². The van der Waals surface area contributed by atoms with Crippen LogP contribution in [0, 0.1) is 10.1 Å². The van der Waals surface area contributed by atoms with Crippen LogP contribution >= 0.6 is 0 Å². The SMILES string of the molecule is CC(C)(C)NCC(=O)NCC1CC([N+](=O)[O-])[C@H](O)[C@H](O)O1. The minimum absolute atomic E-state index is 0.0405. The zero-order valence-corrected chi connectivity index (χ0v) is 12.4. The van der Waals surface area contributed by atoms with Gasteiger partial charge in [0.15, 0.2) is 12.4 Å². The number of amides is 1. The molecule has 1 saturated heterocycles. The van der Waals surface area contributed by atoms with Gasteiger partial charge in [-0.3, -0.25) is 14.9 Å². The fourth-order valence-corrected chi connectivity index (χ4v) is 1.91. The quantitative estimate of drug-likeness (QED) is 0.362. The van der Waals surface area contributed by atoms with Gasteiger partial charge in [0, 0.05) is 23.4 Å². The molecule has 9 nitrogen and oxygen atoms in total. The molecule has 1 aliphatic rings. The summed E-state index contributed by atoms with van der Waals surface area (Å²) in [5, 5.41) is 35.3. The molecule has 4 atom stereocenters. The van der Waals surface area contributed by atoms with Crippen molar-refractivity contribution in [3.8, 4) is 0 Å². The number of hydrogen-bond acceptors (Lipinski definition) is 7. The van der Waals surface area contributed by atoms with E-state index in [1.165, 1.54) is 0 Å². The highest BCUT2D eigenvalue weighted by atomic mass is 16.6. The number of hydrogen-bond donors (Lipinski definition) is 4. The smallest absolute Gasteiger partial charge is 0.246 e. The number of ether oxygens (including phenoxy) is 1. The zero-order chi connectivity index (χ0) is 16.2. The van der Waals surface area contributed by atoms with Crippen LogP contribution in [0.25, 0.3) is 0 Å². The summed E-state index contributed by atoms with van der Waals surface area (Å²) in [6, 6.07) is -1.30. The Bertz CT molecular complexity index is 384. The molecule has 9 heteroatoms. The van der Waals surface area contributed by atoms with E-state index in [1.807, 2.05) is 20.8 Å². The first-order chi connectivity index (χ1) is 9.60. The summed E-state index contributed by atoms with van der Waals surface area (Å²) in [5.41, 5.74) is -0.199. The van der Waals surface area contributed by atoms with E-state index in [-0.39, 0.29) is 31.0 Å². The van der Waals surface area contributed by atoms with Crippen molar-refractivity contribution in [3.63, 3.8) is 0 Å². The topological polar surface area (TPSA) is 134 Å². The number of nitrogens with one attached hydrogen (secondary N) is 2. The molecular formula is C12H23N3O6. The van der Waals surface area contributed by atoms with E-state index in [0.29, 0.717) is 0 Å². The van der Waals surface area contributed by atoms with Crippen molar-refractivity contribution < 1.29 is 24.7 Å². The van der Waals surface area contributed by atoms with Gasteiger partial charge in [-0.05, 0) is 20.8 Å². The van der Waals surface area contributed by atoms with Crippen LogP contribution < -0.4 is 10.6 Å². The largest absolute Gasteiger partial charge is 0.381 e. The highest BCUT2D eigenvalue weighted by Crippen LogP contribution is 2.20. The molecule has 0 aromatic heterocycles. The van der Waals surface area contributed by atoms with Gasteiger partial charge >= 0.3 is 0 Å². The van der Waals surface area contributed by atoms with Crippen molar-refractivity contribution in [3.05, 3.63) is 10.1 Å². The van der Waals surface area contributed by atoms with Gasteiger partial charge in [0.1, 0.15) is 0 Å². The Labute approximate surface area is 122 Å². The van der Waals surface area contributed by atoms with Gasteiger partial charge in [0.2, 0.25) is 11.9 Å². The average molecular weight is 305 g/mol. The van der Waals surface area contributed by atoms with Crippen LogP contribution in [0.5, 0.6) is 0 Å². The lowest BCUT2D eigenvalue weighted by Crippen LogP contribution is -2.54. The summed E-state index contributed by atoms with van der Waals surface area (Å²) >= 11 is 0. The number of carbonyl (C=O) groups excluding carboxylic acids is 1. The maximum atomic E-state index is 11.6. The molecule has 1 amide bonds. The van der Waals surface area contributed by atoms with Gasteiger partial charge in [-0.2, -0.15) is 0 Å². The number of nitro groups is 1. The van der Waals surface area contributed by atoms with E-state index in [4.69, 9.17) is 4.74 Å². The van der Waals surface area contributed by atoms with Crippen molar-refractivity contribution >= 4 is 5.91 Å². The van der Waals surface area contributed by atoms with E-state index in [0.717, 1.165) is 0 Å². The van der Waals surface area contributed by atoms with Gasteiger partial charge in [-0.25, -0.2) is 0 Å². The predicted molar refractivity (Wildman–Crippen MR) is 73.1 cm³/mol. The standard InChI is InChI=1S/C12H23N3O6/c1-12(2,3)14-6-9(16)13-5-7-4-8(15(19)20)10(17)11(18)21-7/h7-8,10-11,14,17-18H,4-6H2,1-3H3,(H,13,16)/t7?,8?,10-,11+/m0/s1. The second kappa shape index (κ2) is 7.12. The van der Waals surface area contributed by atoms with E-state index < -0.39 is 29.5 Å². The van der Waals surface area contributed by atoms with Crippen molar-refractivity contribution in [2.24, 2.45) is 0 Å². The molecule has 1 heterocycles. The van der Waals surface area contributed by atoms with Crippen molar-refractivity contribution in [2.75, 3.05) is 13.1 Å². The third kappa shape index (κ3) is 5.92. The molecule has 122 valence electrons. The second-order valence-electron chi connectivity index (χ2n) is 6.14. The lowest BCUT2D eigenvalue weighted by Gasteiger charge is -2.32. The van der Waals surface area contributed by atoms with Gasteiger partial charge in [0.05, 0.1) is 12.6 Å². The Morgan fingerprint density at radius 2 is 2.05 bits per heavy atom. The molecule has 0 aromatic carbocycles. The summed E-state index contributed by atoms with van der Waals surface area (Å²) in [4.78, 5) is 21.8. The molecule has 0 aliphatic carbocycles. The van der Waals surface area contributed by atoms with E-state index in [1.54, 1.807) is 0 Å². The van der Waals surface area contributed by atoms with Gasteiger partial charge in [-0.1, -0.05) is 0 Å². The molecule has 4 N–H and O–H groups in total. The number of aliphatic hydroxyl groups excluding tert-OH is 2. The van der Waals surface area contributed by atoms with Crippen LogP contribution in [-0.4, -0.2) is 64.2 Å². The summed E-state index contributed by atoms with van der Waals surface area (Å²) < 4.78 is 5.04. The number of aliphatic hydroxyl groups is 2. The average Bonchev–Trinajstić information content (AvgIpc) is 2.36. The lowest BCUT2D eigenvalue weighted by atomic mass is 10.00. The van der Waals surface area contributed by atoms with Crippen LogP contribution in [0.1, 0.15) is 27.2 Å². The number of rotatable bonds is 5. The first kappa shape index (κ1) is 17.8. The van der Waals surface area contributed by atoms with Crippen LogP contribution in [0.4, 0.5) is 0 Å². The predicted octanol–water partition coefficient (Wildman–Crippen LogP) is -1.40. The Hall–Kier alpha value is -1.29. The minimum atomic E-state index is -1.62. The Morgan fingerprint density at radius 1 is 1.43 bits per heavy atom. The fourth-order valence-electron chi connectivity index (χ4n) is 1.91. The maximum Gasteiger partial charge on any atom is 0.246 e. The van der Waals surface area contributed by atoms with Gasteiger partial charge in [0.25, 0.3) is 0 Å². The monoisotopic (exact) mass is 305 g/mol. The zero-order valence-electron chi connectivity index (χ0n) is 12.4. The normalized spacial score (nSPS) is 30.0. The molecule has 1 fully saturated rings. The van der Waals surface area contributed by atoms with Crippen LogP contribution in [0.15, 0.2) is 0 Å². The highest BCUT2D eigenvalue weighted by Gasteiger charge is 2.43. The summed E-state index contributed by atoms with van der Waals surface area (Å²) in [7, 11) is 0. The minimum Gasteiger partial charge on any atom is -0.381 e. The van der Waals surface area contributed by atoms with Crippen molar-refractivity contribution in [1.82, 2.24) is 10.6 Å². The molecule has 21 heavy (non-hydrogen) atoms. The van der Waals surface area contributed by atoms with Crippen molar-refractivity contribution in [1.29, 1.82) is 0 Å². The second-order valence-corrected chi connectivity index (χ2v) is 6.14. The summed E-state index contributed by atoms with van der Waals surface area (Å²) in [5.74, 6) is -0.271. The molecule has 1 rings (SSSR count). The Morgan fingerprint density at radius 3 is 2.57 bits per heavy atom. The Kier molecular flexibility index (Phi) is 6.02. The molecule has 0 saturated carbocycles. The molecule has 0 spiro atoms. The molecule has 1 aliphatic heterocycles. The number of nitrogens with zero attached hydrogens (tertiary/aromatic N) is 1. The van der Waals surface area contributed by atoms with Crippen LogP contribution in [0.2, 0.25) is 0 Å². The maximum absolute atomic E-state index is 11.6. The van der Waals surface area contributed by atoms with E-state index in [2.05, 4.69) is 10.6 Å².